The fourth-order valence-electron chi connectivity index (χ4n) is 2.20. The summed E-state index contributed by atoms with van der Waals surface area (Å²) in [6.07, 6.45) is 4.41. The second-order valence-electron chi connectivity index (χ2n) is 5.10. The highest BCUT2D eigenvalue weighted by Gasteiger charge is 2.18. The number of nitrogens with one attached hydrogen (secondary N) is 1. The van der Waals surface area contributed by atoms with Crippen molar-refractivity contribution in [1.82, 2.24) is 19.6 Å². The predicted molar refractivity (Wildman–Crippen MR) is 81.1 cm³/mol. The van der Waals surface area contributed by atoms with E-state index >= 15 is 0 Å². The maximum Gasteiger partial charge on any atom is 0.280 e. The molecule has 0 aliphatic heterocycles. The van der Waals surface area contributed by atoms with Gasteiger partial charge < -0.3 is 10.4 Å². The fraction of sp³-hybridized carbons (Fsp3) is 0.133. The molecule has 3 rings (SSSR count). The number of aromatic hydroxyl groups is 1. The molecule has 0 fully saturated rings. The van der Waals surface area contributed by atoms with E-state index in [2.05, 4.69) is 15.5 Å². The molecule has 118 valence electrons. The summed E-state index contributed by atoms with van der Waals surface area (Å²) < 4.78 is 16.0. The highest BCUT2D eigenvalue weighted by Crippen LogP contribution is 2.21. The van der Waals surface area contributed by atoms with Gasteiger partial charge in [0.05, 0.1) is 23.8 Å². The molecule has 8 heteroatoms. The van der Waals surface area contributed by atoms with E-state index in [1.807, 2.05) is 0 Å². The molecular formula is C15H14FN5O2. The Balaban J connectivity index is 1.90. The number of nitrogens with zero attached hydrogens (tertiary/aromatic N) is 4. The molecule has 7 nitrogen and oxygen atoms in total. The van der Waals surface area contributed by atoms with Crippen molar-refractivity contribution >= 4 is 11.6 Å². The summed E-state index contributed by atoms with van der Waals surface area (Å²) in [5.41, 5.74) is 1.57. The first-order valence-corrected chi connectivity index (χ1v) is 6.79. The van der Waals surface area contributed by atoms with Gasteiger partial charge in [0.2, 0.25) is 0 Å². The van der Waals surface area contributed by atoms with Gasteiger partial charge >= 0.3 is 0 Å². The molecule has 2 aromatic heterocycles. The van der Waals surface area contributed by atoms with Crippen molar-refractivity contribution in [3.63, 3.8) is 0 Å². The number of benzene rings is 1. The molecule has 0 saturated heterocycles. The molecule has 0 spiro atoms. The van der Waals surface area contributed by atoms with E-state index in [-0.39, 0.29) is 17.3 Å². The minimum absolute atomic E-state index is 0.127. The summed E-state index contributed by atoms with van der Waals surface area (Å²) in [5.74, 6) is -1.19. The van der Waals surface area contributed by atoms with Crippen LogP contribution in [-0.4, -0.2) is 30.6 Å². The fourth-order valence-corrected chi connectivity index (χ4v) is 2.20. The Morgan fingerprint density at radius 2 is 2.13 bits per heavy atom. The van der Waals surface area contributed by atoms with E-state index < -0.39 is 5.91 Å². The van der Waals surface area contributed by atoms with E-state index in [1.54, 1.807) is 20.2 Å². The van der Waals surface area contributed by atoms with Crippen LogP contribution in [0.4, 0.5) is 10.1 Å². The number of amides is 1. The van der Waals surface area contributed by atoms with Gasteiger partial charge in [-0.05, 0) is 30.7 Å². The Kier molecular flexibility index (Phi) is 3.57. The minimum Gasteiger partial charge on any atom is -0.504 e. The van der Waals surface area contributed by atoms with E-state index in [4.69, 9.17) is 0 Å². The summed E-state index contributed by atoms with van der Waals surface area (Å²) in [6.45, 7) is 1.71. The van der Waals surface area contributed by atoms with Crippen molar-refractivity contribution in [3.8, 4) is 11.4 Å². The molecule has 0 unspecified atom stereocenters. The summed E-state index contributed by atoms with van der Waals surface area (Å²) in [6, 6.07) is 4.17. The van der Waals surface area contributed by atoms with Crippen LogP contribution in [-0.2, 0) is 7.05 Å². The summed E-state index contributed by atoms with van der Waals surface area (Å²) in [5, 5.41) is 20.6. The van der Waals surface area contributed by atoms with E-state index in [0.29, 0.717) is 16.9 Å². The lowest BCUT2D eigenvalue weighted by molar-refractivity contribution is 0.101. The SMILES string of the molecule is Cc1cc(F)ccc1-n1cc(O)c(C(=O)Nc2cnn(C)c2)n1. The Hall–Kier alpha value is -3.16. The molecular weight excluding hydrogens is 301 g/mol. The van der Waals surface area contributed by atoms with Gasteiger partial charge in [0.25, 0.3) is 5.91 Å². The molecule has 2 heterocycles. The van der Waals surface area contributed by atoms with E-state index in [9.17, 15) is 14.3 Å². The Morgan fingerprint density at radius 3 is 2.78 bits per heavy atom. The first-order valence-electron chi connectivity index (χ1n) is 6.79. The number of aromatic nitrogens is 4. The number of aryl methyl sites for hydroxylation is 2. The van der Waals surface area contributed by atoms with Gasteiger partial charge in [-0.3, -0.25) is 9.48 Å². The van der Waals surface area contributed by atoms with Crippen LogP contribution < -0.4 is 5.32 Å². The zero-order valence-corrected chi connectivity index (χ0v) is 12.5. The van der Waals surface area contributed by atoms with Gasteiger partial charge in [-0.1, -0.05) is 0 Å². The van der Waals surface area contributed by atoms with Crippen molar-refractivity contribution in [2.24, 2.45) is 7.05 Å². The Morgan fingerprint density at radius 1 is 1.35 bits per heavy atom. The smallest absolute Gasteiger partial charge is 0.280 e. The number of halogens is 1. The topological polar surface area (TPSA) is 85.0 Å². The quantitative estimate of drug-likeness (QED) is 0.774. The van der Waals surface area contributed by atoms with Gasteiger partial charge in [-0.25, -0.2) is 9.07 Å². The second-order valence-corrected chi connectivity index (χ2v) is 5.10. The van der Waals surface area contributed by atoms with Crippen LogP contribution in [0, 0.1) is 12.7 Å². The molecule has 0 radical (unpaired) electrons. The highest BCUT2D eigenvalue weighted by molar-refractivity contribution is 6.04. The van der Waals surface area contributed by atoms with Gasteiger partial charge in [0, 0.05) is 13.2 Å². The zero-order chi connectivity index (χ0) is 16.6. The lowest BCUT2D eigenvalue weighted by Gasteiger charge is -2.05. The summed E-state index contributed by atoms with van der Waals surface area (Å²) >= 11 is 0. The summed E-state index contributed by atoms with van der Waals surface area (Å²) in [4.78, 5) is 12.2. The third kappa shape index (κ3) is 2.91. The van der Waals surface area contributed by atoms with Crippen LogP contribution in [0.1, 0.15) is 16.1 Å². The van der Waals surface area contributed by atoms with Crippen molar-refractivity contribution < 1.29 is 14.3 Å². The first-order chi connectivity index (χ1) is 10.9. The van der Waals surface area contributed by atoms with Crippen LogP contribution in [0.15, 0.2) is 36.8 Å². The van der Waals surface area contributed by atoms with E-state index in [0.717, 1.165) is 0 Å². The normalized spacial score (nSPS) is 10.7. The van der Waals surface area contributed by atoms with Crippen LogP contribution in [0.3, 0.4) is 0 Å². The third-order valence-corrected chi connectivity index (χ3v) is 3.28. The van der Waals surface area contributed by atoms with Crippen LogP contribution in [0.2, 0.25) is 0 Å². The molecule has 0 bridgehead atoms. The molecule has 0 atom stereocenters. The maximum atomic E-state index is 13.2. The minimum atomic E-state index is -0.561. The van der Waals surface area contributed by atoms with Crippen LogP contribution in [0.5, 0.6) is 5.75 Å². The van der Waals surface area contributed by atoms with Crippen LogP contribution >= 0.6 is 0 Å². The number of carbonyl (C=O) groups is 1. The van der Waals surface area contributed by atoms with Gasteiger partial charge in [0.1, 0.15) is 5.82 Å². The number of hydrogen-bond donors (Lipinski definition) is 2. The molecule has 2 N–H and O–H groups in total. The molecule has 0 aliphatic rings. The number of carbonyl (C=O) groups excluding carboxylic acids is 1. The number of anilines is 1. The second kappa shape index (κ2) is 5.56. The highest BCUT2D eigenvalue weighted by atomic mass is 19.1. The standard InChI is InChI=1S/C15H14FN5O2/c1-9-5-10(16)3-4-12(9)21-8-13(22)14(19-21)15(23)18-11-6-17-20(2)7-11/h3-8,22H,1-2H3,(H,18,23). The molecule has 3 aromatic rings. The third-order valence-electron chi connectivity index (χ3n) is 3.28. The molecule has 0 aliphatic carbocycles. The molecule has 1 amide bonds. The lowest BCUT2D eigenvalue weighted by Crippen LogP contribution is -2.13. The zero-order valence-electron chi connectivity index (χ0n) is 12.5. The molecule has 1 aromatic carbocycles. The molecule has 23 heavy (non-hydrogen) atoms. The van der Waals surface area contributed by atoms with Crippen molar-refractivity contribution in [3.05, 3.63) is 53.9 Å². The average molecular weight is 315 g/mol. The van der Waals surface area contributed by atoms with Crippen molar-refractivity contribution in [1.29, 1.82) is 0 Å². The van der Waals surface area contributed by atoms with Crippen molar-refractivity contribution in [2.45, 2.75) is 6.92 Å². The summed E-state index contributed by atoms with van der Waals surface area (Å²) in [7, 11) is 1.72. The van der Waals surface area contributed by atoms with Gasteiger partial charge in [-0.2, -0.15) is 10.2 Å². The number of rotatable bonds is 3. The monoisotopic (exact) mass is 315 g/mol. The Bertz CT molecular complexity index is 884. The number of hydrogen-bond acceptors (Lipinski definition) is 4. The van der Waals surface area contributed by atoms with Crippen molar-refractivity contribution in [2.75, 3.05) is 5.32 Å². The van der Waals surface area contributed by atoms with Crippen LogP contribution in [0.25, 0.3) is 5.69 Å². The lowest BCUT2D eigenvalue weighted by atomic mass is 10.2. The Labute approximate surface area is 131 Å². The van der Waals surface area contributed by atoms with Gasteiger partial charge in [-0.15, -0.1) is 0 Å². The predicted octanol–water partition coefficient (Wildman–Crippen LogP) is 2.01. The average Bonchev–Trinajstić information content (AvgIpc) is 3.05. The molecule has 0 saturated carbocycles. The maximum absolute atomic E-state index is 13.2. The largest absolute Gasteiger partial charge is 0.504 e. The van der Waals surface area contributed by atoms with E-state index in [1.165, 1.54) is 40.0 Å². The van der Waals surface area contributed by atoms with Gasteiger partial charge in [0.15, 0.2) is 11.4 Å². The first kappa shape index (κ1) is 14.8.